The topological polar surface area (TPSA) is 202 Å². The molecule has 2 aromatic heterocycles. The quantitative estimate of drug-likeness (QED) is 0.215. The number of anilines is 1. The molecular weight excluding hydrogens is 473 g/mol. The van der Waals surface area contributed by atoms with Crippen LogP contribution in [-0.2, 0) is 15.8 Å². The molecule has 0 spiro atoms. The van der Waals surface area contributed by atoms with Crippen LogP contribution in [0.2, 0.25) is 0 Å². The van der Waals surface area contributed by atoms with Crippen LogP contribution in [-0.4, -0.2) is 76.2 Å². The van der Waals surface area contributed by atoms with Gasteiger partial charge in [-0.2, -0.15) is 0 Å². The van der Waals surface area contributed by atoms with Crippen LogP contribution in [0.3, 0.4) is 0 Å². The van der Waals surface area contributed by atoms with Crippen molar-refractivity contribution in [2.75, 3.05) is 18.5 Å². The molecule has 1 aliphatic heterocycles. The maximum absolute atomic E-state index is 11.2. The maximum atomic E-state index is 11.2. The zero-order chi connectivity index (χ0) is 24.5. The molecule has 1 saturated heterocycles. The van der Waals surface area contributed by atoms with Crippen LogP contribution in [0.25, 0.3) is 11.2 Å². The summed E-state index contributed by atoms with van der Waals surface area (Å²) in [5.41, 5.74) is 1.21. The highest BCUT2D eigenvalue weighted by atomic mass is 31.2. The van der Waals surface area contributed by atoms with Crippen LogP contribution >= 0.6 is 7.82 Å². The fourth-order valence-corrected chi connectivity index (χ4v) is 4.03. The highest BCUT2D eigenvalue weighted by Gasteiger charge is 2.44. The Hall–Kier alpha value is -2.84. The van der Waals surface area contributed by atoms with Gasteiger partial charge in [-0.25, -0.2) is 19.5 Å². The first-order chi connectivity index (χ1) is 16.2. The van der Waals surface area contributed by atoms with Crippen LogP contribution in [0.15, 0.2) is 30.9 Å². The third-order valence-electron chi connectivity index (χ3n) is 5.15. The predicted octanol–water partition coefficient (Wildman–Crippen LogP) is -0.0799. The van der Waals surface area contributed by atoms with Gasteiger partial charge >= 0.3 is 7.82 Å². The Labute approximate surface area is 193 Å². The fourth-order valence-electron chi connectivity index (χ4n) is 3.64. The summed E-state index contributed by atoms with van der Waals surface area (Å²) in [7, 11) is -4.73. The predicted molar refractivity (Wildman–Crippen MR) is 116 cm³/mol. The van der Waals surface area contributed by atoms with E-state index in [0.29, 0.717) is 34.9 Å². The van der Waals surface area contributed by atoms with Crippen molar-refractivity contribution in [3.05, 3.63) is 36.4 Å². The SMILES string of the molecule is CCOc1ccc(OP(=O)(O)O)cc1CNc1ncnc2c1ncn2[C@@H]1O[C@H](CO)[C@@H](O)[C@H]1O. The highest BCUT2D eigenvalue weighted by Crippen LogP contribution is 2.39. The number of imidazole rings is 1. The molecule has 34 heavy (non-hydrogen) atoms. The summed E-state index contributed by atoms with van der Waals surface area (Å²) in [4.78, 5) is 30.8. The van der Waals surface area contributed by atoms with Crippen LogP contribution in [0.1, 0.15) is 18.7 Å². The summed E-state index contributed by atoms with van der Waals surface area (Å²) in [6, 6.07) is 4.36. The number of phosphoric acid groups is 1. The largest absolute Gasteiger partial charge is 0.524 e. The van der Waals surface area contributed by atoms with Crippen LogP contribution in [0.4, 0.5) is 5.82 Å². The van der Waals surface area contributed by atoms with E-state index in [1.807, 2.05) is 0 Å². The van der Waals surface area contributed by atoms with Gasteiger partial charge in [-0.05, 0) is 25.1 Å². The van der Waals surface area contributed by atoms with Gasteiger partial charge in [0.25, 0.3) is 0 Å². The van der Waals surface area contributed by atoms with Crippen molar-refractivity contribution in [3.63, 3.8) is 0 Å². The molecule has 3 heterocycles. The molecule has 14 nitrogen and oxygen atoms in total. The summed E-state index contributed by atoms with van der Waals surface area (Å²) in [5, 5.41) is 32.8. The van der Waals surface area contributed by atoms with E-state index in [1.54, 1.807) is 6.92 Å². The van der Waals surface area contributed by atoms with E-state index in [9.17, 15) is 19.9 Å². The number of aromatic nitrogens is 4. The first-order valence-electron chi connectivity index (χ1n) is 10.3. The average Bonchev–Trinajstić information content (AvgIpc) is 3.34. The van der Waals surface area contributed by atoms with E-state index in [2.05, 4.69) is 24.8 Å². The van der Waals surface area contributed by atoms with Crippen LogP contribution in [0.5, 0.6) is 11.5 Å². The van der Waals surface area contributed by atoms with E-state index < -0.39 is 39.0 Å². The number of nitrogens with zero attached hydrogens (tertiary/aromatic N) is 4. The molecule has 15 heteroatoms. The van der Waals surface area contributed by atoms with Gasteiger partial charge in [0.2, 0.25) is 0 Å². The molecule has 4 atom stereocenters. The van der Waals surface area contributed by atoms with Crippen molar-refractivity contribution in [2.45, 2.75) is 38.0 Å². The molecule has 6 N–H and O–H groups in total. The number of phosphoric ester groups is 1. The third-order valence-corrected chi connectivity index (χ3v) is 5.60. The van der Waals surface area contributed by atoms with Crippen molar-refractivity contribution < 1.29 is 43.7 Å². The second-order valence-corrected chi connectivity index (χ2v) is 8.58. The molecular formula is C19H24N5O9P. The Morgan fingerprint density at radius 1 is 1.21 bits per heavy atom. The van der Waals surface area contributed by atoms with Crippen molar-refractivity contribution in [3.8, 4) is 11.5 Å². The first-order valence-corrected chi connectivity index (χ1v) is 11.8. The Morgan fingerprint density at radius 2 is 2.00 bits per heavy atom. The van der Waals surface area contributed by atoms with Gasteiger partial charge < -0.3 is 34.6 Å². The number of ether oxygens (including phenoxy) is 2. The number of benzene rings is 1. The fraction of sp³-hybridized carbons (Fsp3) is 0.421. The lowest BCUT2D eigenvalue weighted by atomic mass is 10.1. The molecule has 0 aliphatic carbocycles. The van der Waals surface area contributed by atoms with Gasteiger partial charge in [0.15, 0.2) is 23.2 Å². The Kier molecular flexibility index (Phi) is 7.00. The number of fused-ring (bicyclic) bond motifs is 1. The minimum absolute atomic E-state index is 0.0323. The van der Waals surface area contributed by atoms with Gasteiger partial charge in [-0.1, -0.05) is 0 Å². The van der Waals surface area contributed by atoms with Crippen molar-refractivity contribution in [1.82, 2.24) is 19.5 Å². The van der Waals surface area contributed by atoms with Crippen LogP contribution in [0, 0.1) is 0 Å². The molecule has 0 amide bonds. The Bertz CT molecular complexity index is 1200. The monoisotopic (exact) mass is 497 g/mol. The zero-order valence-corrected chi connectivity index (χ0v) is 18.8. The normalized spacial score (nSPS) is 22.8. The lowest BCUT2D eigenvalue weighted by Gasteiger charge is -2.16. The van der Waals surface area contributed by atoms with E-state index in [4.69, 9.17) is 19.3 Å². The number of nitrogens with one attached hydrogen (secondary N) is 1. The molecule has 4 rings (SSSR count). The standard InChI is InChI=1S/C19H24N5O9P/c1-2-31-12-4-3-11(33-34(28,29)30)5-10(12)6-20-17-14-18(22-8-21-17)24(9-23-14)19-16(27)15(26)13(7-25)32-19/h3-5,8-9,13,15-16,19,25-27H,2,6-7H2,1H3,(H,20,21,22)(H2,28,29,30)/t13-,15-,16-,19-/m1/s1. The Morgan fingerprint density at radius 3 is 2.68 bits per heavy atom. The minimum Gasteiger partial charge on any atom is -0.494 e. The van der Waals surface area contributed by atoms with Crippen molar-refractivity contribution in [1.29, 1.82) is 0 Å². The molecule has 1 aliphatic rings. The molecule has 3 aromatic rings. The minimum atomic E-state index is -4.73. The average molecular weight is 497 g/mol. The molecule has 1 fully saturated rings. The summed E-state index contributed by atoms with van der Waals surface area (Å²) in [6.07, 6.45) is -1.87. The second kappa shape index (κ2) is 9.80. The summed E-state index contributed by atoms with van der Waals surface area (Å²) >= 11 is 0. The molecule has 0 radical (unpaired) electrons. The van der Waals surface area contributed by atoms with E-state index >= 15 is 0 Å². The van der Waals surface area contributed by atoms with E-state index in [1.165, 1.54) is 35.4 Å². The third kappa shape index (κ3) is 4.98. The summed E-state index contributed by atoms with van der Waals surface area (Å²) in [5.74, 6) is 0.782. The highest BCUT2D eigenvalue weighted by molar-refractivity contribution is 7.46. The molecule has 0 unspecified atom stereocenters. The maximum Gasteiger partial charge on any atom is 0.524 e. The van der Waals surface area contributed by atoms with Crippen molar-refractivity contribution >= 4 is 24.8 Å². The van der Waals surface area contributed by atoms with Crippen LogP contribution < -0.4 is 14.6 Å². The lowest BCUT2D eigenvalue weighted by Crippen LogP contribution is -2.33. The summed E-state index contributed by atoms with van der Waals surface area (Å²) < 4.78 is 28.4. The molecule has 1 aromatic carbocycles. The number of aliphatic hydroxyl groups is 3. The first kappa shape index (κ1) is 24.3. The van der Waals surface area contributed by atoms with Gasteiger partial charge in [0.1, 0.15) is 36.1 Å². The number of hydrogen-bond donors (Lipinski definition) is 6. The lowest BCUT2D eigenvalue weighted by molar-refractivity contribution is -0.0511. The smallest absolute Gasteiger partial charge is 0.494 e. The second-order valence-electron chi connectivity index (χ2n) is 7.41. The molecule has 0 bridgehead atoms. The van der Waals surface area contributed by atoms with Gasteiger partial charge in [0.05, 0.1) is 19.5 Å². The number of hydrogen-bond acceptors (Lipinski definition) is 11. The van der Waals surface area contributed by atoms with Gasteiger partial charge in [0, 0.05) is 12.1 Å². The van der Waals surface area contributed by atoms with E-state index in [0.717, 1.165) is 0 Å². The number of rotatable bonds is 9. The Balaban J connectivity index is 1.59. The molecule has 0 saturated carbocycles. The van der Waals surface area contributed by atoms with Gasteiger partial charge in [-0.15, -0.1) is 0 Å². The summed E-state index contributed by atoms with van der Waals surface area (Å²) in [6.45, 7) is 1.85. The van der Waals surface area contributed by atoms with Crippen molar-refractivity contribution in [2.24, 2.45) is 0 Å². The van der Waals surface area contributed by atoms with Gasteiger partial charge in [-0.3, -0.25) is 14.4 Å². The zero-order valence-electron chi connectivity index (χ0n) is 17.9. The molecule has 184 valence electrons. The van der Waals surface area contributed by atoms with E-state index in [-0.39, 0.29) is 12.3 Å². The number of aliphatic hydroxyl groups excluding tert-OH is 3.